The van der Waals surface area contributed by atoms with Crippen LogP contribution in [0.3, 0.4) is 0 Å². The van der Waals surface area contributed by atoms with Gasteiger partial charge in [-0.25, -0.2) is 0 Å². The van der Waals surface area contributed by atoms with Gasteiger partial charge >= 0.3 is 11.8 Å². The lowest BCUT2D eigenvalue weighted by atomic mass is 9.85. The number of rotatable bonds is 3. The predicted molar refractivity (Wildman–Crippen MR) is 66.8 cm³/mol. The Labute approximate surface area is 108 Å². The molecule has 102 valence electrons. The van der Waals surface area contributed by atoms with E-state index in [-0.39, 0.29) is 0 Å². The maximum atomic E-state index is 11.8. The molecule has 0 aromatic heterocycles. The number of aliphatic hydroxyl groups excluding tert-OH is 1. The second kappa shape index (κ2) is 5.69. The number of carbonyl (C=O) groups is 2. The third-order valence-corrected chi connectivity index (χ3v) is 4.12. The number of amides is 2. The molecule has 5 heteroatoms. The molecule has 5 nitrogen and oxygen atoms in total. The van der Waals surface area contributed by atoms with Gasteiger partial charge in [-0.2, -0.15) is 0 Å². The summed E-state index contributed by atoms with van der Waals surface area (Å²) >= 11 is 0. The molecule has 1 unspecified atom stereocenters. The van der Waals surface area contributed by atoms with Gasteiger partial charge in [-0.1, -0.05) is 19.3 Å². The average Bonchev–Trinajstić information content (AvgIpc) is 2.40. The third-order valence-electron chi connectivity index (χ3n) is 4.12. The first-order valence-corrected chi connectivity index (χ1v) is 6.82. The van der Waals surface area contributed by atoms with E-state index in [9.17, 15) is 14.7 Å². The molecule has 2 amide bonds. The zero-order valence-electron chi connectivity index (χ0n) is 11.0. The monoisotopic (exact) mass is 254 g/mol. The molecule has 1 saturated heterocycles. The van der Waals surface area contributed by atoms with E-state index in [1.807, 2.05) is 0 Å². The van der Waals surface area contributed by atoms with Crippen molar-refractivity contribution in [1.82, 2.24) is 9.80 Å². The van der Waals surface area contributed by atoms with Crippen LogP contribution in [0, 0.1) is 5.92 Å². The fraction of sp³-hybridized carbons (Fsp3) is 0.846. The Balaban J connectivity index is 1.88. The normalized spacial score (nSPS) is 24.6. The number of piperazine rings is 1. The number of nitrogens with zero attached hydrogens (tertiary/aromatic N) is 2. The van der Waals surface area contributed by atoms with Crippen molar-refractivity contribution < 1.29 is 14.7 Å². The summed E-state index contributed by atoms with van der Waals surface area (Å²) in [6, 6.07) is 0. The average molecular weight is 254 g/mol. The lowest BCUT2D eigenvalue weighted by Crippen LogP contribution is -2.55. The van der Waals surface area contributed by atoms with Gasteiger partial charge in [0.1, 0.15) is 0 Å². The molecule has 1 atom stereocenters. The highest BCUT2D eigenvalue weighted by molar-refractivity contribution is 6.35. The van der Waals surface area contributed by atoms with Gasteiger partial charge in [0.2, 0.25) is 0 Å². The molecule has 2 fully saturated rings. The zero-order chi connectivity index (χ0) is 13.1. The lowest BCUT2D eigenvalue weighted by molar-refractivity contribution is -0.156. The van der Waals surface area contributed by atoms with Crippen LogP contribution in [0.1, 0.15) is 32.1 Å². The second-order valence-corrected chi connectivity index (χ2v) is 5.44. The van der Waals surface area contributed by atoms with Crippen LogP contribution in [0.5, 0.6) is 0 Å². The van der Waals surface area contributed by atoms with Crippen LogP contribution < -0.4 is 0 Å². The molecular weight excluding hydrogens is 232 g/mol. The second-order valence-electron chi connectivity index (χ2n) is 5.44. The Morgan fingerprint density at radius 1 is 1.17 bits per heavy atom. The maximum absolute atomic E-state index is 11.8. The largest absolute Gasteiger partial charge is 0.391 e. The molecular formula is C13H22N2O3. The first-order valence-electron chi connectivity index (χ1n) is 6.82. The van der Waals surface area contributed by atoms with Crippen molar-refractivity contribution >= 4 is 11.8 Å². The molecule has 1 N–H and O–H groups in total. The highest BCUT2D eigenvalue weighted by Crippen LogP contribution is 2.27. The van der Waals surface area contributed by atoms with Gasteiger partial charge in [0.25, 0.3) is 0 Å². The van der Waals surface area contributed by atoms with E-state index in [2.05, 4.69) is 0 Å². The highest BCUT2D eigenvalue weighted by atomic mass is 16.3. The van der Waals surface area contributed by atoms with E-state index < -0.39 is 17.9 Å². The van der Waals surface area contributed by atoms with E-state index in [4.69, 9.17) is 0 Å². The SMILES string of the molecule is CN1CCN(CC(O)C2CCCCC2)C(=O)C1=O. The van der Waals surface area contributed by atoms with Crippen molar-refractivity contribution in [2.24, 2.45) is 5.92 Å². The molecule has 0 radical (unpaired) electrons. The molecule has 0 aromatic carbocycles. The van der Waals surface area contributed by atoms with E-state index in [0.29, 0.717) is 25.6 Å². The van der Waals surface area contributed by atoms with E-state index in [1.165, 1.54) is 16.2 Å². The number of hydrogen-bond acceptors (Lipinski definition) is 3. The Kier molecular flexibility index (Phi) is 4.22. The van der Waals surface area contributed by atoms with Gasteiger partial charge in [-0.3, -0.25) is 9.59 Å². The topological polar surface area (TPSA) is 60.9 Å². The minimum atomic E-state index is -0.481. The molecule has 0 bridgehead atoms. The molecule has 1 heterocycles. The summed E-state index contributed by atoms with van der Waals surface area (Å²) in [5, 5.41) is 10.2. The molecule has 1 aliphatic heterocycles. The zero-order valence-corrected chi connectivity index (χ0v) is 11.0. The molecule has 2 aliphatic rings. The Bertz CT molecular complexity index is 326. The van der Waals surface area contributed by atoms with Crippen LogP contribution in [0.15, 0.2) is 0 Å². The molecule has 2 rings (SSSR count). The fourth-order valence-electron chi connectivity index (χ4n) is 2.84. The first kappa shape index (κ1) is 13.3. The summed E-state index contributed by atoms with van der Waals surface area (Å²) in [7, 11) is 1.63. The number of hydrogen-bond donors (Lipinski definition) is 1. The smallest absolute Gasteiger partial charge is 0.312 e. The Morgan fingerprint density at radius 2 is 1.83 bits per heavy atom. The van der Waals surface area contributed by atoms with Crippen LogP contribution >= 0.6 is 0 Å². The lowest BCUT2D eigenvalue weighted by Gasteiger charge is -2.35. The summed E-state index contributed by atoms with van der Waals surface area (Å²) in [6.45, 7) is 1.40. The van der Waals surface area contributed by atoms with Gasteiger partial charge in [0, 0.05) is 26.7 Å². The van der Waals surface area contributed by atoms with Gasteiger partial charge in [-0.15, -0.1) is 0 Å². The quantitative estimate of drug-likeness (QED) is 0.733. The van der Waals surface area contributed by atoms with Crippen LogP contribution in [0.2, 0.25) is 0 Å². The van der Waals surface area contributed by atoms with Crippen LogP contribution in [-0.2, 0) is 9.59 Å². The molecule has 18 heavy (non-hydrogen) atoms. The summed E-state index contributed by atoms with van der Waals surface area (Å²) in [5.41, 5.74) is 0. The fourth-order valence-corrected chi connectivity index (χ4v) is 2.84. The predicted octanol–water partition coefficient (Wildman–Crippen LogP) is 0.228. The van der Waals surface area contributed by atoms with Crippen molar-refractivity contribution in [2.75, 3.05) is 26.7 Å². The number of β-amino-alcohol motifs (C(OH)–C–C–N with tert-alkyl or cyclic N) is 1. The summed E-state index contributed by atoms with van der Waals surface area (Å²) in [6.07, 6.45) is 5.17. The van der Waals surface area contributed by atoms with E-state index in [1.54, 1.807) is 7.05 Å². The maximum Gasteiger partial charge on any atom is 0.312 e. The van der Waals surface area contributed by atoms with Crippen molar-refractivity contribution in [3.05, 3.63) is 0 Å². The molecule has 1 saturated carbocycles. The van der Waals surface area contributed by atoms with Crippen LogP contribution in [-0.4, -0.2) is 59.5 Å². The summed E-state index contributed by atoms with van der Waals surface area (Å²) in [5.74, 6) is -0.642. The van der Waals surface area contributed by atoms with Crippen LogP contribution in [0.25, 0.3) is 0 Å². The Hall–Kier alpha value is -1.10. The van der Waals surface area contributed by atoms with E-state index >= 15 is 0 Å². The van der Waals surface area contributed by atoms with Gasteiger partial charge in [0.05, 0.1) is 6.10 Å². The van der Waals surface area contributed by atoms with Gasteiger partial charge < -0.3 is 14.9 Å². The third kappa shape index (κ3) is 2.83. The molecule has 0 spiro atoms. The van der Waals surface area contributed by atoms with Crippen molar-refractivity contribution in [2.45, 2.75) is 38.2 Å². The van der Waals surface area contributed by atoms with Gasteiger partial charge in [-0.05, 0) is 18.8 Å². The first-order chi connectivity index (χ1) is 8.59. The number of carbonyl (C=O) groups excluding carboxylic acids is 2. The summed E-state index contributed by atoms with van der Waals surface area (Å²) < 4.78 is 0. The number of likely N-dealkylation sites (N-methyl/N-ethyl adjacent to an activating group) is 1. The van der Waals surface area contributed by atoms with Gasteiger partial charge in [0.15, 0.2) is 0 Å². The van der Waals surface area contributed by atoms with Crippen molar-refractivity contribution in [3.8, 4) is 0 Å². The van der Waals surface area contributed by atoms with E-state index in [0.717, 1.165) is 25.7 Å². The molecule has 1 aliphatic carbocycles. The summed E-state index contributed by atoms with van der Waals surface area (Å²) in [4.78, 5) is 26.3. The Morgan fingerprint density at radius 3 is 2.50 bits per heavy atom. The van der Waals surface area contributed by atoms with Crippen molar-refractivity contribution in [3.63, 3.8) is 0 Å². The standard InChI is InChI=1S/C13H22N2O3/c1-14-7-8-15(13(18)12(14)17)9-11(16)10-5-3-2-4-6-10/h10-11,16H,2-9H2,1H3. The molecule has 0 aromatic rings. The highest BCUT2D eigenvalue weighted by Gasteiger charge is 2.33. The minimum Gasteiger partial charge on any atom is -0.391 e. The number of aliphatic hydroxyl groups is 1. The van der Waals surface area contributed by atoms with Crippen LogP contribution in [0.4, 0.5) is 0 Å². The minimum absolute atomic E-state index is 0.293. The van der Waals surface area contributed by atoms with Crippen molar-refractivity contribution in [1.29, 1.82) is 0 Å².